The molecule has 0 spiro atoms. The van der Waals surface area contributed by atoms with Gasteiger partial charge in [0.25, 0.3) is 0 Å². The Balaban J connectivity index is 0.000000399. The van der Waals surface area contributed by atoms with Crippen molar-refractivity contribution in [1.29, 1.82) is 0 Å². The average molecular weight is 789 g/mol. The fourth-order valence-electron chi connectivity index (χ4n) is 2.34. The van der Waals surface area contributed by atoms with Crippen molar-refractivity contribution >= 4 is 75.9 Å². The largest absolute Gasteiger partial charge is 0.321 e. The zero-order valence-corrected chi connectivity index (χ0v) is 23.6. The van der Waals surface area contributed by atoms with Gasteiger partial charge in [-0.2, -0.15) is 0 Å². The molecule has 0 aliphatic carbocycles. The van der Waals surface area contributed by atoms with Crippen LogP contribution < -0.4 is 10.9 Å². The summed E-state index contributed by atoms with van der Waals surface area (Å²) in [5.74, 6) is 0. The molecule has 0 saturated carbocycles. The maximum absolute atomic E-state index is 3.35. The minimum Gasteiger partial charge on any atom is -0.321 e. The average Bonchev–Trinajstić information content (AvgIpc) is 2.58. The molecular weight excluding hydrogens is 771 g/mol. The fourth-order valence-corrected chi connectivity index (χ4v) is 2.34. The van der Waals surface area contributed by atoms with E-state index >= 15 is 0 Å². The van der Waals surface area contributed by atoms with Crippen LogP contribution in [0, 0.1) is 0 Å². The number of benzene rings is 3. The van der Waals surface area contributed by atoms with Crippen LogP contribution in [-0.4, -0.2) is 18.1 Å². The number of hydrogen-bond acceptors (Lipinski definition) is 2. The summed E-state index contributed by atoms with van der Waals surface area (Å²) in [6, 6.07) is 25.2. The van der Waals surface area contributed by atoms with Crippen molar-refractivity contribution in [2.45, 2.75) is 6.42 Å². The Morgan fingerprint density at radius 2 is 1.32 bits per heavy atom. The molecule has 0 fully saturated rings. The molecule has 7 heteroatoms. The Morgan fingerprint density at radius 1 is 0.720 bits per heavy atom. The molecule has 0 aliphatic rings. The Bertz CT molecular complexity index is 767. The Kier molecular flexibility index (Phi) is 9.94. The molecule has 0 aliphatic heterocycles. The Morgan fingerprint density at radius 3 is 2.04 bits per heavy atom. The summed E-state index contributed by atoms with van der Waals surface area (Å²) in [6.07, 6.45) is 1.01. The maximum atomic E-state index is 3.35. The SMILES string of the molecule is [Br][Pb]([Br])([Br])[Br].c1ccc(CCNNc2cccc3ccccc23)cc1. The number of hydrogen-bond donors (Lipinski definition) is 2. The molecule has 0 atom stereocenters. The third-order valence-corrected chi connectivity index (χ3v) is 3.39. The summed E-state index contributed by atoms with van der Waals surface area (Å²) in [5.41, 5.74) is 9.07. The second-order valence-corrected chi connectivity index (χ2v) is 106. The molecular formula is C18H18Br4N2Pb. The van der Waals surface area contributed by atoms with Crippen LogP contribution in [0.3, 0.4) is 0 Å². The quantitative estimate of drug-likeness (QED) is 0.166. The number of fused-ring (bicyclic) bond motifs is 1. The number of nitrogens with one attached hydrogen (secondary N) is 2. The first-order valence-corrected chi connectivity index (χ1v) is 41.4. The second-order valence-electron chi connectivity index (χ2n) is 5.24. The molecule has 0 saturated heterocycles. The van der Waals surface area contributed by atoms with Gasteiger partial charge in [-0.1, -0.05) is 66.7 Å². The van der Waals surface area contributed by atoms with Crippen LogP contribution in [-0.2, 0) is 6.42 Å². The topological polar surface area (TPSA) is 24.1 Å². The van der Waals surface area contributed by atoms with Gasteiger partial charge in [0.05, 0.1) is 5.69 Å². The van der Waals surface area contributed by atoms with Gasteiger partial charge in [-0.05, 0) is 23.4 Å². The Hall–Kier alpha value is 0.522. The molecule has 0 bridgehead atoms. The van der Waals surface area contributed by atoms with E-state index in [1.54, 1.807) is 0 Å². The first kappa shape index (κ1) is 21.8. The third-order valence-electron chi connectivity index (χ3n) is 3.39. The predicted molar refractivity (Wildman–Crippen MR) is 127 cm³/mol. The number of rotatable bonds is 5. The van der Waals surface area contributed by atoms with Gasteiger partial charge in [0, 0.05) is 11.9 Å². The summed E-state index contributed by atoms with van der Waals surface area (Å²) in [6.45, 7) is 0.896. The molecule has 3 rings (SSSR count). The number of halogens is 4. The van der Waals surface area contributed by atoms with Crippen molar-refractivity contribution in [2.75, 3.05) is 12.0 Å². The second kappa shape index (κ2) is 11.4. The normalized spacial score (nSPS) is 10.9. The summed E-state index contributed by atoms with van der Waals surface area (Å²) >= 11 is 11.4. The van der Waals surface area contributed by atoms with E-state index in [-0.39, 0.29) is 0 Å². The molecule has 3 aromatic rings. The van der Waals surface area contributed by atoms with Crippen LogP contribution in [0.15, 0.2) is 72.8 Å². The van der Waals surface area contributed by atoms with Crippen LogP contribution in [0.25, 0.3) is 10.8 Å². The van der Waals surface area contributed by atoms with Crippen LogP contribution in [0.5, 0.6) is 0 Å². The number of anilines is 1. The van der Waals surface area contributed by atoms with E-state index < -0.39 is 11.5 Å². The minimum absolute atomic E-state index is 0.896. The molecule has 0 amide bonds. The molecule has 2 N–H and O–H groups in total. The van der Waals surface area contributed by atoms with Gasteiger partial charge in [-0.25, -0.2) is 5.43 Å². The van der Waals surface area contributed by atoms with E-state index in [9.17, 15) is 0 Å². The third kappa shape index (κ3) is 9.33. The summed E-state index contributed by atoms with van der Waals surface area (Å²) in [7, 11) is 0. The predicted octanol–water partition coefficient (Wildman–Crippen LogP) is 7.00. The van der Waals surface area contributed by atoms with Crippen molar-refractivity contribution in [3.8, 4) is 0 Å². The van der Waals surface area contributed by atoms with E-state index in [1.165, 1.54) is 16.3 Å². The molecule has 0 heterocycles. The van der Waals surface area contributed by atoms with Crippen LogP contribution in [0.1, 0.15) is 5.56 Å². The van der Waals surface area contributed by atoms with E-state index in [0.717, 1.165) is 18.7 Å². The van der Waals surface area contributed by atoms with Gasteiger partial charge in [-0.3, -0.25) is 0 Å². The summed E-state index contributed by atoms with van der Waals surface area (Å²) < 4.78 is 0. The Labute approximate surface area is 176 Å². The summed E-state index contributed by atoms with van der Waals surface area (Å²) in [5, 5.41) is 2.49. The van der Waals surface area contributed by atoms with Gasteiger partial charge in [-0.15, -0.1) is 0 Å². The van der Waals surface area contributed by atoms with Crippen molar-refractivity contribution in [3.05, 3.63) is 78.4 Å². The van der Waals surface area contributed by atoms with Gasteiger partial charge in [0.15, 0.2) is 0 Å². The zero-order chi connectivity index (χ0) is 18.1. The van der Waals surface area contributed by atoms with Crippen molar-refractivity contribution in [3.63, 3.8) is 0 Å². The van der Waals surface area contributed by atoms with E-state index in [1.807, 2.05) is 6.07 Å². The monoisotopic (exact) mass is 786 g/mol. The smallest absolute Gasteiger partial charge is 0.0565 e. The molecule has 0 unspecified atom stereocenters. The van der Waals surface area contributed by atoms with E-state index in [0.29, 0.717) is 0 Å². The molecule has 132 valence electrons. The van der Waals surface area contributed by atoms with Crippen LogP contribution in [0.2, 0.25) is 0 Å². The van der Waals surface area contributed by atoms with Gasteiger partial charge in [0.1, 0.15) is 0 Å². The van der Waals surface area contributed by atoms with Gasteiger partial charge >= 0.3 is 59.5 Å². The minimum atomic E-state index is -2.03. The van der Waals surface area contributed by atoms with Crippen molar-refractivity contribution in [2.24, 2.45) is 0 Å². The summed E-state index contributed by atoms with van der Waals surface area (Å²) in [4.78, 5) is 0. The molecule has 3 aromatic carbocycles. The molecule has 0 aromatic heterocycles. The standard InChI is InChI=1S/C18H18N2.4BrH.Pb/c1-2-7-15(8-3-1)13-14-19-20-18-12-6-10-16-9-4-5-11-17(16)18;;;;;/h1-12,19-20H,13-14H2;4*1H;/q;;;;;+4/p-4. The first-order valence-electron chi connectivity index (χ1n) is 7.70. The van der Waals surface area contributed by atoms with Crippen LogP contribution >= 0.6 is 47.9 Å². The van der Waals surface area contributed by atoms with Gasteiger partial charge < -0.3 is 5.43 Å². The molecule has 2 nitrogen and oxygen atoms in total. The zero-order valence-electron chi connectivity index (χ0n) is 13.4. The van der Waals surface area contributed by atoms with E-state index in [4.69, 9.17) is 0 Å². The maximum Gasteiger partial charge on any atom is 0.0565 e. The van der Waals surface area contributed by atoms with E-state index in [2.05, 4.69) is 126 Å². The number of hydrazine groups is 1. The molecule has 0 radical (unpaired) electrons. The van der Waals surface area contributed by atoms with Crippen molar-refractivity contribution in [1.82, 2.24) is 5.43 Å². The fraction of sp³-hybridized carbons (Fsp3) is 0.111. The van der Waals surface area contributed by atoms with Crippen molar-refractivity contribution < 1.29 is 0 Å². The first-order chi connectivity index (χ1) is 11.9. The molecule has 25 heavy (non-hydrogen) atoms. The van der Waals surface area contributed by atoms with Gasteiger partial charge in [0.2, 0.25) is 0 Å². The van der Waals surface area contributed by atoms with Crippen LogP contribution in [0.4, 0.5) is 5.69 Å².